The lowest BCUT2D eigenvalue weighted by molar-refractivity contribution is 0.0950. The average molecular weight is 288 g/mol. The maximum atomic E-state index is 13.8. The number of nitrogens with one attached hydrogen (secondary N) is 1. The monoisotopic (exact) mass is 288 g/mol. The third-order valence-electron chi connectivity index (χ3n) is 3.14. The molecule has 0 aliphatic heterocycles. The van der Waals surface area contributed by atoms with E-state index in [2.05, 4.69) is 5.32 Å². The summed E-state index contributed by atoms with van der Waals surface area (Å²) in [7, 11) is 1.56. The standard InChI is InChI=1S/C16H17FN2O2/c1-21-14-6-4-12(5-7-14)16(20)19-10-13-3-2-11(9-18)8-15(13)17/h2-8H,9-10,18H2,1H3,(H,19,20). The highest BCUT2D eigenvalue weighted by Crippen LogP contribution is 2.12. The number of nitrogens with two attached hydrogens (primary N) is 1. The first-order valence-electron chi connectivity index (χ1n) is 6.53. The number of amides is 1. The number of hydrogen-bond acceptors (Lipinski definition) is 3. The highest BCUT2D eigenvalue weighted by molar-refractivity contribution is 5.94. The van der Waals surface area contributed by atoms with Crippen molar-refractivity contribution in [2.75, 3.05) is 7.11 Å². The molecule has 2 aromatic rings. The molecule has 2 aromatic carbocycles. The number of ether oxygens (including phenoxy) is 1. The summed E-state index contributed by atoms with van der Waals surface area (Å²) in [4.78, 5) is 12.0. The van der Waals surface area contributed by atoms with Crippen molar-refractivity contribution < 1.29 is 13.9 Å². The molecule has 0 fully saturated rings. The fourth-order valence-electron chi connectivity index (χ4n) is 1.88. The van der Waals surface area contributed by atoms with Gasteiger partial charge < -0.3 is 15.8 Å². The molecule has 21 heavy (non-hydrogen) atoms. The maximum absolute atomic E-state index is 13.8. The Kier molecular flexibility index (Phi) is 4.90. The van der Waals surface area contributed by atoms with Crippen LogP contribution in [0.1, 0.15) is 21.5 Å². The quantitative estimate of drug-likeness (QED) is 0.886. The van der Waals surface area contributed by atoms with Crippen LogP contribution in [0.25, 0.3) is 0 Å². The smallest absolute Gasteiger partial charge is 0.251 e. The Bertz CT molecular complexity index is 627. The summed E-state index contributed by atoms with van der Waals surface area (Å²) in [6.45, 7) is 0.414. The zero-order valence-electron chi connectivity index (χ0n) is 11.7. The van der Waals surface area contributed by atoms with Crippen LogP contribution in [0.3, 0.4) is 0 Å². The van der Waals surface area contributed by atoms with Crippen LogP contribution in [0.15, 0.2) is 42.5 Å². The number of carbonyl (C=O) groups is 1. The molecule has 5 heteroatoms. The first-order valence-corrected chi connectivity index (χ1v) is 6.53. The highest BCUT2D eigenvalue weighted by Gasteiger charge is 2.08. The lowest BCUT2D eigenvalue weighted by Crippen LogP contribution is -2.23. The Morgan fingerprint density at radius 2 is 1.95 bits per heavy atom. The van der Waals surface area contributed by atoms with E-state index in [1.54, 1.807) is 43.5 Å². The molecule has 0 aromatic heterocycles. The molecule has 0 aliphatic carbocycles. The van der Waals surface area contributed by atoms with Crippen molar-refractivity contribution >= 4 is 5.91 Å². The maximum Gasteiger partial charge on any atom is 0.251 e. The summed E-state index contributed by atoms with van der Waals surface area (Å²) in [5.41, 5.74) is 7.08. The van der Waals surface area contributed by atoms with Gasteiger partial charge in [0.05, 0.1) is 7.11 Å². The molecule has 0 atom stereocenters. The summed E-state index contributed by atoms with van der Waals surface area (Å²) < 4.78 is 18.8. The van der Waals surface area contributed by atoms with Gasteiger partial charge in [0, 0.05) is 24.2 Å². The minimum atomic E-state index is -0.368. The van der Waals surface area contributed by atoms with Crippen molar-refractivity contribution in [2.24, 2.45) is 5.73 Å². The SMILES string of the molecule is COc1ccc(C(=O)NCc2ccc(CN)cc2F)cc1. The van der Waals surface area contributed by atoms with Crippen molar-refractivity contribution in [1.82, 2.24) is 5.32 Å². The normalized spacial score (nSPS) is 10.2. The van der Waals surface area contributed by atoms with Gasteiger partial charge in [0.15, 0.2) is 0 Å². The van der Waals surface area contributed by atoms with Gasteiger partial charge in [0.1, 0.15) is 11.6 Å². The molecule has 0 bridgehead atoms. The third-order valence-corrected chi connectivity index (χ3v) is 3.14. The van der Waals surface area contributed by atoms with Crippen molar-refractivity contribution in [1.29, 1.82) is 0 Å². The molecule has 0 aliphatic rings. The molecule has 0 spiro atoms. The van der Waals surface area contributed by atoms with Crippen molar-refractivity contribution in [3.05, 3.63) is 65.0 Å². The zero-order chi connectivity index (χ0) is 15.2. The predicted molar refractivity (Wildman–Crippen MR) is 78.5 cm³/mol. The number of hydrogen-bond donors (Lipinski definition) is 2. The van der Waals surface area contributed by atoms with E-state index in [9.17, 15) is 9.18 Å². The largest absolute Gasteiger partial charge is 0.497 e. The number of benzene rings is 2. The average Bonchev–Trinajstić information content (AvgIpc) is 2.53. The fraction of sp³-hybridized carbons (Fsp3) is 0.188. The number of methoxy groups -OCH3 is 1. The molecule has 1 amide bonds. The van der Waals surface area contributed by atoms with Gasteiger partial charge in [-0.15, -0.1) is 0 Å². The van der Waals surface area contributed by atoms with Crippen LogP contribution < -0.4 is 15.8 Å². The van der Waals surface area contributed by atoms with Gasteiger partial charge in [-0.1, -0.05) is 12.1 Å². The Morgan fingerprint density at radius 1 is 1.24 bits per heavy atom. The number of rotatable bonds is 5. The second-order valence-corrected chi connectivity index (χ2v) is 4.54. The minimum absolute atomic E-state index is 0.127. The van der Waals surface area contributed by atoms with Crippen molar-refractivity contribution in [3.8, 4) is 5.75 Å². The lowest BCUT2D eigenvalue weighted by Gasteiger charge is -2.08. The van der Waals surface area contributed by atoms with Crippen LogP contribution >= 0.6 is 0 Å². The van der Waals surface area contributed by atoms with E-state index in [1.807, 2.05) is 0 Å². The molecule has 0 radical (unpaired) electrons. The first kappa shape index (κ1) is 15.0. The van der Waals surface area contributed by atoms with Crippen LogP contribution in [0, 0.1) is 5.82 Å². The molecule has 0 unspecified atom stereocenters. The molecule has 0 saturated carbocycles. The molecular formula is C16H17FN2O2. The van der Waals surface area contributed by atoms with Crippen molar-refractivity contribution in [2.45, 2.75) is 13.1 Å². The molecule has 0 saturated heterocycles. The van der Waals surface area contributed by atoms with Gasteiger partial charge in [-0.25, -0.2) is 4.39 Å². The van der Waals surface area contributed by atoms with Gasteiger partial charge in [-0.3, -0.25) is 4.79 Å². The van der Waals surface area contributed by atoms with Gasteiger partial charge in [0.25, 0.3) is 5.91 Å². The second kappa shape index (κ2) is 6.85. The van der Waals surface area contributed by atoms with E-state index in [1.165, 1.54) is 6.07 Å². The van der Waals surface area contributed by atoms with Gasteiger partial charge >= 0.3 is 0 Å². The topological polar surface area (TPSA) is 64.3 Å². The van der Waals surface area contributed by atoms with E-state index in [-0.39, 0.29) is 24.8 Å². The molecule has 0 heterocycles. The van der Waals surface area contributed by atoms with E-state index < -0.39 is 0 Å². The molecule has 2 rings (SSSR count). The van der Waals surface area contributed by atoms with E-state index in [4.69, 9.17) is 10.5 Å². The predicted octanol–water partition coefficient (Wildman–Crippen LogP) is 2.22. The van der Waals surface area contributed by atoms with Gasteiger partial charge in [-0.2, -0.15) is 0 Å². The fourth-order valence-corrected chi connectivity index (χ4v) is 1.88. The van der Waals surface area contributed by atoms with Crippen LogP contribution in [0.4, 0.5) is 4.39 Å². The molecule has 4 nitrogen and oxygen atoms in total. The molecule has 110 valence electrons. The van der Waals surface area contributed by atoms with Crippen LogP contribution in [0.5, 0.6) is 5.75 Å². The Balaban J connectivity index is 2.00. The third kappa shape index (κ3) is 3.79. The van der Waals surface area contributed by atoms with E-state index in [0.29, 0.717) is 16.9 Å². The minimum Gasteiger partial charge on any atom is -0.497 e. The summed E-state index contributed by atoms with van der Waals surface area (Å²) >= 11 is 0. The zero-order valence-corrected chi connectivity index (χ0v) is 11.7. The van der Waals surface area contributed by atoms with E-state index >= 15 is 0 Å². The molecular weight excluding hydrogens is 271 g/mol. The first-order chi connectivity index (χ1) is 10.1. The molecule has 3 N–H and O–H groups in total. The van der Waals surface area contributed by atoms with Crippen LogP contribution in [0.2, 0.25) is 0 Å². The second-order valence-electron chi connectivity index (χ2n) is 4.54. The highest BCUT2D eigenvalue weighted by atomic mass is 19.1. The summed E-state index contributed by atoms with van der Waals surface area (Å²) in [5, 5.41) is 2.68. The lowest BCUT2D eigenvalue weighted by atomic mass is 10.1. The number of carbonyl (C=O) groups excluding carboxylic acids is 1. The Labute approximate surface area is 122 Å². The van der Waals surface area contributed by atoms with Gasteiger partial charge in [-0.05, 0) is 35.9 Å². The summed E-state index contributed by atoms with van der Waals surface area (Å²) in [6.07, 6.45) is 0. The van der Waals surface area contributed by atoms with Gasteiger partial charge in [0.2, 0.25) is 0 Å². The van der Waals surface area contributed by atoms with Crippen molar-refractivity contribution in [3.63, 3.8) is 0 Å². The number of halogens is 1. The van der Waals surface area contributed by atoms with Crippen LogP contribution in [-0.2, 0) is 13.1 Å². The summed E-state index contributed by atoms with van der Waals surface area (Å²) in [5.74, 6) is 0.0444. The van der Waals surface area contributed by atoms with Crippen LogP contribution in [-0.4, -0.2) is 13.0 Å². The Hall–Kier alpha value is -2.40. The summed E-state index contributed by atoms with van der Waals surface area (Å²) in [6, 6.07) is 11.5. The Morgan fingerprint density at radius 3 is 2.52 bits per heavy atom. The van der Waals surface area contributed by atoms with E-state index in [0.717, 1.165) is 5.56 Å².